The Morgan fingerprint density at radius 3 is 2.23 bits per heavy atom. The molecular formula is C22H32N4. The Bertz CT molecular complexity index is 669. The lowest BCUT2D eigenvalue weighted by molar-refractivity contribution is 0.416. The summed E-state index contributed by atoms with van der Waals surface area (Å²) in [6, 6.07) is 9.72. The van der Waals surface area contributed by atoms with Gasteiger partial charge in [0.15, 0.2) is 5.84 Å². The molecule has 26 heavy (non-hydrogen) atoms. The predicted molar refractivity (Wildman–Crippen MR) is 112 cm³/mol. The molecule has 0 saturated carbocycles. The van der Waals surface area contributed by atoms with Crippen LogP contribution >= 0.6 is 0 Å². The monoisotopic (exact) mass is 352 g/mol. The molecule has 1 N–H and O–H groups in total. The highest BCUT2D eigenvalue weighted by Gasteiger charge is 2.17. The van der Waals surface area contributed by atoms with Crippen molar-refractivity contribution in [3.63, 3.8) is 0 Å². The van der Waals surface area contributed by atoms with Gasteiger partial charge in [0.1, 0.15) is 0 Å². The van der Waals surface area contributed by atoms with Gasteiger partial charge in [-0.25, -0.2) is 4.99 Å². The van der Waals surface area contributed by atoms with Crippen LogP contribution in [-0.4, -0.2) is 23.8 Å². The molecule has 4 nitrogen and oxygen atoms in total. The molecule has 0 radical (unpaired) electrons. The number of allylic oxidation sites excluding steroid dienone is 2. The summed E-state index contributed by atoms with van der Waals surface area (Å²) in [5, 5.41) is 12.6. The molecule has 0 amide bonds. The number of hydrogen-bond acceptors (Lipinski definition) is 3. The van der Waals surface area contributed by atoms with Crippen LogP contribution in [0, 0.1) is 11.3 Å². The molecular weight excluding hydrogens is 320 g/mol. The smallest absolute Gasteiger partial charge is 0.152 e. The van der Waals surface area contributed by atoms with Gasteiger partial charge in [0, 0.05) is 25.0 Å². The van der Waals surface area contributed by atoms with Crippen molar-refractivity contribution in [3.8, 4) is 6.07 Å². The van der Waals surface area contributed by atoms with Crippen molar-refractivity contribution in [2.45, 2.75) is 53.9 Å². The van der Waals surface area contributed by atoms with Gasteiger partial charge in [-0.2, -0.15) is 5.26 Å². The third-order valence-electron chi connectivity index (χ3n) is 4.10. The number of benzene rings is 1. The fourth-order valence-corrected chi connectivity index (χ4v) is 2.62. The van der Waals surface area contributed by atoms with Crippen LogP contribution in [0.1, 0.15) is 59.4 Å². The molecule has 1 aromatic rings. The van der Waals surface area contributed by atoms with E-state index in [0.717, 1.165) is 49.6 Å². The summed E-state index contributed by atoms with van der Waals surface area (Å²) in [6.45, 7) is 12.6. The first-order valence-electron chi connectivity index (χ1n) is 9.52. The van der Waals surface area contributed by atoms with Crippen molar-refractivity contribution in [2.24, 2.45) is 4.99 Å². The van der Waals surface area contributed by atoms with Crippen molar-refractivity contribution in [1.29, 1.82) is 5.26 Å². The summed E-state index contributed by atoms with van der Waals surface area (Å²) in [4.78, 5) is 7.12. The number of nitrogens with one attached hydrogen (secondary N) is 1. The molecule has 0 bridgehead atoms. The Balaban J connectivity index is 3.33. The van der Waals surface area contributed by atoms with E-state index in [1.54, 1.807) is 0 Å². The molecule has 0 aliphatic rings. The maximum absolute atomic E-state index is 9.00. The number of anilines is 1. The first-order valence-corrected chi connectivity index (χ1v) is 9.52. The highest BCUT2D eigenvalue weighted by atomic mass is 15.2. The minimum absolute atomic E-state index is 0.662. The molecule has 0 fully saturated rings. The molecule has 140 valence electrons. The topological polar surface area (TPSA) is 51.4 Å². The van der Waals surface area contributed by atoms with Crippen LogP contribution in [0.4, 0.5) is 5.69 Å². The fraction of sp³-hybridized carbons (Fsp3) is 0.455. The lowest BCUT2D eigenvalue weighted by Gasteiger charge is -2.28. The average molecular weight is 353 g/mol. The largest absolute Gasteiger partial charge is 0.355 e. The highest BCUT2D eigenvalue weighted by molar-refractivity contribution is 6.01. The number of aliphatic imine (C=N–C) groups is 1. The number of rotatable bonds is 9. The van der Waals surface area contributed by atoms with E-state index in [1.807, 2.05) is 43.5 Å². The van der Waals surface area contributed by atoms with E-state index in [-0.39, 0.29) is 0 Å². The second-order valence-corrected chi connectivity index (χ2v) is 6.25. The zero-order chi connectivity index (χ0) is 19.4. The van der Waals surface area contributed by atoms with E-state index >= 15 is 0 Å². The van der Waals surface area contributed by atoms with E-state index in [1.165, 1.54) is 5.57 Å². The third-order valence-corrected chi connectivity index (χ3v) is 4.10. The lowest BCUT2D eigenvalue weighted by atomic mass is 10.1. The van der Waals surface area contributed by atoms with Crippen LogP contribution < -0.4 is 5.32 Å². The van der Waals surface area contributed by atoms with Crippen LogP contribution in [0.25, 0.3) is 0 Å². The minimum atomic E-state index is 0.662. The lowest BCUT2D eigenvalue weighted by Crippen LogP contribution is -2.36. The van der Waals surface area contributed by atoms with Crippen molar-refractivity contribution >= 4 is 11.5 Å². The quantitative estimate of drug-likeness (QED) is 0.457. The molecule has 1 aromatic carbocycles. The van der Waals surface area contributed by atoms with Gasteiger partial charge in [-0.1, -0.05) is 26.8 Å². The zero-order valence-corrected chi connectivity index (χ0v) is 16.8. The summed E-state index contributed by atoms with van der Waals surface area (Å²) in [5.74, 6) is 0.982. The van der Waals surface area contributed by atoms with Crippen molar-refractivity contribution in [3.05, 3.63) is 53.4 Å². The summed E-state index contributed by atoms with van der Waals surface area (Å²) in [6.07, 6.45) is 6.90. The Morgan fingerprint density at radius 2 is 1.77 bits per heavy atom. The van der Waals surface area contributed by atoms with Gasteiger partial charge in [-0.3, -0.25) is 0 Å². The van der Waals surface area contributed by atoms with Gasteiger partial charge in [-0.05, 0) is 62.9 Å². The first kappa shape index (κ1) is 21.5. The second kappa shape index (κ2) is 11.9. The van der Waals surface area contributed by atoms with E-state index in [9.17, 15) is 0 Å². The van der Waals surface area contributed by atoms with Gasteiger partial charge in [0.25, 0.3) is 0 Å². The Morgan fingerprint density at radius 1 is 1.15 bits per heavy atom. The third kappa shape index (κ3) is 6.40. The predicted octanol–water partition coefficient (Wildman–Crippen LogP) is 5.71. The van der Waals surface area contributed by atoms with Crippen LogP contribution in [0.5, 0.6) is 0 Å². The van der Waals surface area contributed by atoms with Crippen molar-refractivity contribution in [2.75, 3.05) is 18.4 Å². The molecule has 0 heterocycles. The van der Waals surface area contributed by atoms with Gasteiger partial charge in [0.2, 0.25) is 0 Å². The van der Waals surface area contributed by atoms with Crippen LogP contribution in [0.3, 0.4) is 0 Å². The zero-order valence-electron chi connectivity index (χ0n) is 16.8. The molecule has 0 spiro atoms. The number of nitrogens with zero attached hydrogens (tertiary/aromatic N) is 3. The molecule has 1 rings (SSSR count). The van der Waals surface area contributed by atoms with Crippen molar-refractivity contribution in [1.82, 2.24) is 4.90 Å². The Hall–Kier alpha value is -2.54. The van der Waals surface area contributed by atoms with E-state index in [0.29, 0.717) is 5.56 Å². The number of hydrogen-bond donors (Lipinski definition) is 1. The summed E-state index contributed by atoms with van der Waals surface area (Å²) >= 11 is 0. The first-order chi connectivity index (χ1) is 12.6. The molecule has 0 aromatic heterocycles. The normalized spacial score (nSPS) is 12.7. The van der Waals surface area contributed by atoms with Gasteiger partial charge in [0.05, 0.1) is 17.3 Å². The van der Waals surface area contributed by atoms with Crippen LogP contribution in [0.2, 0.25) is 0 Å². The standard InChI is InChI=1S/C22H32N4/c1-6-14-24-22(26(15-7-2)16-8-3)21(18(5)9-4)25-20-12-10-19(17-23)11-13-20/h6,10-14,25H,7-9,15-16H2,1-5H3/b14-6-,21-18-,24-22+. The highest BCUT2D eigenvalue weighted by Crippen LogP contribution is 2.19. The van der Waals surface area contributed by atoms with Crippen LogP contribution in [0.15, 0.2) is 52.8 Å². The van der Waals surface area contributed by atoms with Crippen molar-refractivity contribution < 1.29 is 0 Å². The molecule has 0 aliphatic heterocycles. The number of amidine groups is 1. The maximum Gasteiger partial charge on any atom is 0.152 e. The van der Waals surface area contributed by atoms with E-state index in [2.05, 4.69) is 44.0 Å². The Labute approximate surface area is 158 Å². The van der Waals surface area contributed by atoms with E-state index in [4.69, 9.17) is 10.3 Å². The van der Waals surface area contributed by atoms with E-state index < -0.39 is 0 Å². The molecule has 0 aliphatic carbocycles. The summed E-state index contributed by atoms with van der Waals surface area (Å²) in [7, 11) is 0. The molecule has 0 saturated heterocycles. The van der Waals surface area contributed by atoms with Gasteiger partial charge >= 0.3 is 0 Å². The maximum atomic E-state index is 9.00. The van der Waals surface area contributed by atoms with Crippen LogP contribution in [-0.2, 0) is 0 Å². The average Bonchev–Trinajstić information content (AvgIpc) is 2.67. The van der Waals surface area contributed by atoms with Gasteiger partial charge in [-0.15, -0.1) is 0 Å². The molecule has 0 atom stereocenters. The number of nitriles is 1. The molecule has 0 unspecified atom stereocenters. The summed E-state index contributed by atoms with van der Waals surface area (Å²) < 4.78 is 0. The summed E-state index contributed by atoms with van der Waals surface area (Å²) in [5.41, 5.74) is 3.94. The second-order valence-electron chi connectivity index (χ2n) is 6.25. The molecule has 4 heteroatoms. The fourth-order valence-electron chi connectivity index (χ4n) is 2.62. The van der Waals surface area contributed by atoms with Gasteiger partial charge < -0.3 is 10.2 Å². The Kier molecular flexibility index (Phi) is 9.86. The minimum Gasteiger partial charge on any atom is -0.355 e. The SMILES string of the molecule is C\C=C/N=C(\C(Nc1ccc(C#N)cc1)=C(/C)CC)N(CCC)CCC.